The lowest BCUT2D eigenvalue weighted by atomic mass is 10.2. The highest BCUT2D eigenvalue weighted by atomic mass is 127. The molecule has 2 aromatic rings. The van der Waals surface area contributed by atoms with Gasteiger partial charge in [-0.05, 0) is 58.5 Å². The Kier molecular flexibility index (Phi) is 7.38. The van der Waals surface area contributed by atoms with Crippen LogP contribution in [-0.4, -0.2) is 29.9 Å². The summed E-state index contributed by atoms with van der Waals surface area (Å²) in [5.74, 6) is 0.295. The number of benzene rings is 2. The fourth-order valence-electron chi connectivity index (χ4n) is 2.42. The summed E-state index contributed by atoms with van der Waals surface area (Å²) in [5.41, 5.74) is 1.26. The molecule has 0 bridgehead atoms. The van der Waals surface area contributed by atoms with E-state index in [0.717, 1.165) is 9.13 Å². The smallest absolute Gasteiger partial charge is 0.263 e. The summed E-state index contributed by atoms with van der Waals surface area (Å²) < 4.78 is 12.2. The Morgan fingerprint density at radius 3 is 2.79 bits per heavy atom. The summed E-state index contributed by atoms with van der Waals surface area (Å²) in [5, 5.41) is 5.72. The van der Waals surface area contributed by atoms with Crippen molar-refractivity contribution in [3.63, 3.8) is 0 Å². The molecule has 1 saturated heterocycles. The van der Waals surface area contributed by atoms with Gasteiger partial charge in [-0.25, -0.2) is 0 Å². The molecule has 0 unspecified atom stereocenters. The van der Waals surface area contributed by atoms with Crippen LogP contribution in [0, 0.1) is 3.57 Å². The van der Waals surface area contributed by atoms with Crippen molar-refractivity contribution in [2.24, 2.45) is 0 Å². The molecule has 10 heteroatoms. The molecule has 0 saturated carbocycles. The van der Waals surface area contributed by atoms with E-state index in [9.17, 15) is 9.59 Å². The molecule has 3 rings (SSSR count). The minimum absolute atomic E-state index is 0.218. The highest BCUT2D eigenvalue weighted by molar-refractivity contribution is 14.1. The van der Waals surface area contributed by atoms with E-state index in [1.54, 1.807) is 36.4 Å². The van der Waals surface area contributed by atoms with Crippen molar-refractivity contribution in [1.82, 2.24) is 5.32 Å². The van der Waals surface area contributed by atoms with E-state index in [0.29, 0.717) is 31.4 Å². The average molecular weight is 561 g/mol. The molecule has 2 amide bonds. The van der Waals surface area contributed by atoms with Gasteiger partial charge in [-0.1, -0.05) is 47.7 Å². The maximum Gasteiger partial charge on any atom is 0.263 e. The number of carbonyl (C=O) groups excluding carboxylic acids is 2. The minimum Gasteiger partial charge on any atom is -0.493 e. The van der Waals surface area contributed by atoms with Crippen LogP contribution in [0.3, 0.4) is 0 Å². The van der Waals surface area contributed by atoms with Crippen molar-refractivity contribution in [3.8, 4) is 11.5 Å². The molecule has 29 heavy (non-hydrogen) atoms. The number of halogens is 2. The van der Waals surface area contributed by atoms with Crippen LogP contribution in [0.1, 0.15) is 5.56 Å². The SMILES string of the molecule is COc1cc(/C=C2\SC(=S)NC2=O)cc(I)c1OCC(=O)Nc1ccccc1Cl. The molecule has 1 heterocycles. The van der Waals surface area contributed by atoms with Crippen LogP contribution in [0.2, 0.25) is 5.02 Å². The summed E-state index contributed by atoms with van der Waals surface area (Å²) in [6.45, 7) is -0.218. The first-order valence-corrected chi connectivity index (χ1v) is 10.8. The number of para-hydroxylation sites is 1. The van der Waals surface area contributed by atoms with Crippen molar-refractivity contribution in [1.29, 1.82) is 0 Å². The Balaban J connectivity index is 1.73. The van der Waals surface area contributed by atoms with Gasteiger partial charge in [0.1, 0.15) is 4.32 Å². The zero-order chi connectivity index (χ0) is 21.0. The van der Waals surface area contributed by atoms with Gasteiger partial charge in [-0.15, -0.1) is 0 Å². The molecule has 150 valence electrons. The molecule has 1 aliphatic heterocycles. The molecule has 6 nitrogen and oxygen atoms in total. The number of hydrogen-bond donors (Lipinski definition) is 2. The third kappa shape index (κ3) is 5.62. The maximum absolute atomic E-state index is 12.2. The monoisotopic (exact) mass is 560 g/mol. The Labute approximate surface area is 195 Å². The molecule has 0 aromatic heterocycles. The van der Waals surface area contributed by atoms with Crippen molar-refractivity contribution in [2.45, 2.75) is 0 Å². The van der Waals surface area contributed by atoms with E-state index in [2.05, 4.69) is 33.2 Å². The number of carbonyl (C=O) groups is 2. The van der Waals surface area contributed by atoms with Crippen LogP contribution in [0.5, 0.6) is 11.5 Å². The normalized spacial score (nSPS) is 14.7. The summed E-state index contributed by atoms with van der Waals surface area (Å²) in [4.78, 5) is 24.6. The van der Waals surface area contributed by atoms with Gasteiger partial charge in [-0.3, -0.25) is 9.59 Å². The fourth-order valence-corrected chi connectivity index (χ4v) is 4.43. The van der Waals surface area contributed by atoms with Gasteiger partial charge in [-0.2, -0.15) is 0 Å². The first-order chi connectivity index (χ1) is 13.9. The molecule has 2 aromatic carbocycles. The standard InChI is InChI=1S/C19H14ClIN2O4S2/c1-26-14-7-10(8-15-18(25)23-19(28)29-15)6-12(21)17(14)27-9-16(24)22-13-5-3-2-4-11(13)20/h2-8H,9H2,1H3,(H,22,24)(H,23,25,28)/b15-8-. The van der Waals surface area contributed by atoms with Gasteiger partial charge in [0, 0.05) is 0 Å². The largest absolute Gasteiger partial charge is 0.493 e. The summed E-state index contributed by atoms with van der Waals surface area (Å²) in [6.07, 6.45) is 1.72. The fraction of sp³-hybridized carbons (Fsp3) is 0.105. The summed E-state index contributed by atoms with van der Waals surface area (Å²) in [6, 6.07) is 10.5. The zero-order valence-electron chi connectivity index (χ0n) is 15.0. The van der Waals surface area contributed by atoms with Gasteiger partial charge < -0.3 is 20.1 Å². The topological polar surface area (TPSA) is 76.7 Å². The Hall–Kier alpha value is -1.82. The molecule has 0 atom stereocenters. The summed E-state index contributed by atoms with van der Waals surface area (Å²) >= 11 is 14.3. The van der Waals surface area contributed by atoms with Crippen LogP contribution in [0.15, 0.2) is 41.3 Å². The number of methoxy groups -OCH3 is 1. The van der Waals surface area contributed by atoms with Crippen molar-refractivity contribution < 1.29 is 19.1 Å². The van der Waals surface area contributed by atoms with Gasteiger partial charge in [0.05, 0.1) is 26.3 Å². The molecule has 0 spiro atoms. The van der Waals surface area contributed by atoms with Crippen LogP contribution < -0.4 is 20.1 Å². The van der Waals surface area contributed by atoms with Gasteiger partial charge >= 0.3 is 0 Å². The molecule has 1 aliphatic rings. The molecular weight excluding hydrogens is 547 g/mol. The predicted molar refractivity (Wildman–Crippen MR) is 128 cm³/mol. The van der Waals surface area contributed by atoms with Gasteiger partial charge in [0.15, 0.2) is 18.1 Å². The number of nitrogens with one attached hydrogen (secondary N) is 2. The van der Waals surface area contributed by atoms with Gasteiger partial charge in [0.25, 0.3) is 11.8 Å². The number of rotatable bonds is 6. The van der Waals surface area contributed by atoms with E-state index in [1.165, 1.54) is 18.9 Å². The number of anilines is 1. The van der Waals surface area contributed by atoms with E-state index >= 15 is 0 Å². The van der Waals surface area contributed by atoms with E-state index in [1.807, 2.05) is 6.07 Å². The first-order valence-electron chi connectivity index (χ1n) is 8.17. The maximum atomic E-state index is 12.2. The third-order valence-electron chi connectivity index (χ3n) is 3.69. The third-order valence-corrected chi connectivity index (χ3v) is 5.98. The second-order valence-corrected chi connectivity index (χ2v) is 8.99. The molecule has 0 radical (unpaired) electrons. The lowest BCUT2D eigenvalue weighted by Crippen LogP contribution is -2.20. The second-order valence-electron chi connectivity index (χ2n) is 5.70. The molecule has 0 aliphatic carbocycles. The zero-order valence-corrected chi connectivity index (χ0v) is 19.5. The quantitative estimate of drug-likeness (QED) is 0.309. The highest BCUT2D eigenvalue weighted by Crippen LogP contribution is 2.36. The van der Waals surface area contributed by atoms with Crippen molar-refractivity contribution in [2.75, 3.05) is 19.0 Å². The Morgan fingerprint density at radius 2 is 2.14 bits per heavy atom. The van der Waals surface area contributed by atoms with Crippen LogP contribution in [0.4, 0.5) is 5.69 Å². The predicted octanol–water partition coefficient (Wildman–Crippen LogP) is 4.46. The Bertz CT molecular complexity index is 1030. The number of ether oxygens (including phenoxy) is 2. The number of amides is 2. The highest BCUT2D eigenvalue weighted by Gasteiger charge is 2.22. The number of thiocarbonyl (C=S) groups is 1. The van der Waals surface area contributed by atoms with Crippen LogP contribution in [-0.2, 0) is 9.59 Å². The van der Waals surface area contributed by atoms with E-state index < -0.39 is 0 Å². The lowest BCUT2D eigenvalue weighted by Gasteiger charge is -2.14. The first kappa shape index (κ1) is 21.9. The molecule has 2 N–H and O–H groups in total. The number of thioether (sulfide) groups is 1. The van der Waals surface area contributed by atoms with Crippen molar-refractivity contribution >= 4 is 86.1 Å². The van der Waals surface area contributed by atoms with Crippen LogP contribution in [0.25, 0.3) is 6.08 Å². The molecular formula is C19H14ClIN2O4S2. The lowest BCUT2D eigenvalue weighted by molar-refractivity contribution is -0.118. The van der Waals surface area contributed by atoms with Crippen molar-refractivity contribution in [3.05, 3.63) is 55.5 Å². The second kappa shape index (κ2) is 9.79. The number of hydrogen-bond acceptors (Lipinski definition) is 6. The summed E-state index contributed by atoms with van der Waals surface area (Å²) in [7, 11) is 1.51. The van der Waals surface area contributed by atoms with Crippen LogP contribution >= 0.6 is 58.2 Å². The van der Waals surface area contributed by atoms with E-state index in [4.69, 9.17) is 33.3 Å². The van der Waals surface area contributed by atoms with Gasteiger partial charge in [0.2, 0.25) is 0 Å². The average Bonchev–Trinajstić information content (AvgIpc) is 2.99. The minimum atomic E-state index is -0.352. The Morgan fingerprint density at radius 1 is 1.38 bits per heavy atom. The van der Waals surface area contributed by atoms with E-state index in [-0.39, 0.29) is 18.4 Å². The molecule has 1 fully saturated rings.